The van der Waals surface area contributed by atoms with Crippen LogP contribution >= 0.6 is 11.6 Å². The van der Waals surface area contributed by atoms with E-state index in [2.05, 4.69) is 20.8 Å². The van der Waals surface area contributed by atoms with E-state index < -0.39 is 0 Å². The van der Waals surface area contributed by atoms with E-state index in [0.29, 0.717) is 0 Å². The summed E-state index contributed by atoms with van der Waals surface area (Å²) in [6, 6.07) is 0. The zero-order valence-corrected chi connectivity index (χ0v) is 11.9. The maximum absolute atomic E-state index is 5.54. The van der Waals surface area contributed by atoms with E-state index in [1.54, 1.807) is 0 Å². The molecule has 0 aromatic carbocycles. The summed E-state index contributed by atoms with van der Waals surface area (Å²) in [5, 5.41) is 0. The summed E-state index contributed by atoms with van der Waals surface area (Å²) >= 11 is 5.54. The molecule has 0 saturated carbocycles. The molecule has 96 valence electrons. The molecular formula is C13H32ClN. The van der Waals surface area contributed by atoms with Gasteiger partial charge in [0.25, 0.3) is 0 Å². The van der Waals surface area contributed by atoms with Crippen molar-refractivity contribution in [1.82, 2.24) is 6.15 Å². The van der Waals surface area contributed by atoms with Crippen molar-refractivity contribution in [3.63, 3.8) is 0 Å². The Kier molecular flexibility index (Phi) is 32.8. The normalized spacial score (nSPS) is 8.80. The lowest BCUT2D eigenvalue weighted by Gasteiger charge is -1.97. The summed E-state index contributed by atoms with van der Waals surface area (Å²) in [4.78, 5) is 0. The zero-order valence-electron chi connectivity index (χ0n) is 11.2. The van der Waals surface area contributed by atoms with Gasteiger partial charge in [0, 0.05) is 5.88 Å². The van der Waals surface area contributed by atoms with E-state index in [-0.39, 0.29) is 6.15 Å². The molecule has 0 aromatic rings. The molecule has 0 aliphatic heterocycles. The Balaban J connectivity index is -0.000000249. The first-order valence-corrected chi connectivity index (χ1v) is 6.92. The number of rotatable bonds is 8. The van der Waals surface area contributed by atoms with E-state index in [9.17, 15) is 0 Å². The fourth-order valence-corrected chi connectivity index (χ4v) is 1.24. The van der Waals surface area contributed by atoms with Crippen LogP contribution < -0.4 is 6.15 Å². The Morgan fingerprint density at radius 2 is 1.00 bits per heavy atom. The summed E-state index contributed by atoms with van der Waals surface area (Å²) in [7, 11) is 0. The smallest absolute Gasteiger partial charge is 0.0223 e. The molecule has 0 spiro atoms. The lowest BCUT2D eigenvalue weighted by molar-refractivity contribution is 0.603. The van der Waals surface area contributed by atoms with Crippen molar-refractivity contribution in [3.8, 4) is 0 Å². The highest BCUT2D eigenvalue weighted by molar-refractivity contribution is 6.17. The summed E-state index contributed by atoms with van der Waals surface area (Å²) in [6.07, 6.45) is 12.1. The van der Waals surface area contributed by atoms with Gasteiger partial charge in [-0.3, -0.25) is 0 Å². The van der Waals surface area contributed by atoms with Gasteiger partial charge in [0.05, 0.1) is 0 Å². The Labute approximate surface area is 103 Å². The van der Waals surface area contributed by atoms with Gasteiger partial charge in [-0.25, -0.2) is 0 Å². The molecule has 0 aliphatic carbocycles. The number of alkyl halides is 1. The Morgan fingerprint density at radius 1 is 0.600 bits per heavy atom. The van der Waals surface area contributed by atoms with Crippen molar-refractivity contribution >= 4 is 11.6 Å². The second-order valence-corrected chi connectivity index (χ2v) is 4.19. The minimum atomic E-state index is 0. The van der Waals surface area contributed by atoms with Crippen LogP contribution in [0, 0.1) is 0 Å². The highest BCUT2D eigenvalue weighted by Gasteiger charge is 1.88. The van der Waals surface area contributed by atoms with Crippen molar-refractivity contribution in [2.75, 3.05) is 5.88 Å². The van der Waals surface area contributed by atoms with Crippen molar-refractivity contribution < 1.29 is 0 Å². The Bertz CT molecular complexity index is 66.9. The van der Waals surface area contributed by atoms with Crippen LogP contribution in [-0.4, -0.2) is 5.88 Å². The van der Waals surface area contributed by atoms with Gasteiger partial charge in [-0.15, -0.1) is 11.6 Å². The van der Waals surface area contributed by atoms with E-state index in [1.807, 2.05) is 0 Å². The summed E-state index contributed by atoms with van der Waals surface area (Å²) in [6.45, 7) is 6.61. The van der Waals surface area contributed by atoms with Gasteiger partial charge in [-0.05, 0) is 6.42 Å². The first-order valence-electron chi connectivity index (χ1n) is 6.39. The number of hydrogen-bond acceptors (Lipinski definition) is 1. The molecule has 0 saturated heterocycles. The van der Waals surface area contributed by atoms with Gasteiger partial charge >= 0.3 is 0 Å². The maximum atomic E-state index is 5.54. The average molecular weight is 238 g/mol. The monoisotopic (exact) mass is 237 g/mol. The third-order valence-corrected chi connectivity index (χ3v) is 2.50. The van der Waals surface area contributed by atoms with Crippen LogP contribution in [-0.2, 0) is 0 Å². The molecule has 1 nitrogen and oxygen atoms in total. The van der Waals surface area contributed by atoms with Crippen LogP contribution in [0.1, 0.15) is 78.6 Å². The molecule has 0 aromatic heterocycles. The second kappa shape index (κ2) is 23.8. The molecule has 0 atom stereocenters. The second-order valence-electron chi connectivity index (χ2n) is 3.81. The molecule has 2 heteroatoms. The quantitative estimate of drug-likeness (QED) is 0.411. The largest absolute Gasteiger partial charge is 0.344 e. The van der Waals surface area contributed by atoms with Crippen molar-refractivity contribution in [2.24, 2.45) is 0 Å². The standard InChI is InChI=1S/C9H19Cl.C4H10.H3N/c1-2-3-4-5-6-7-8-9-10;1-3-4-2;/h2-9H2,1H3;3-4H2,1-2H3;1H3. The third kappa shape index (κ3) is 31.4. The zero-order chi connectivity index (χ0) is 11.1. The summed E-state index contributed by atoms with van der Waals surface area (Å²) in [5.41, 5.74) is 0. The van der Waals surface area contributed by atoms with Gasteiger partial charge < -0.3 is 6.15 Å². The summed E-state index contributed by atoms with van der Waals surface area (Å²) < 4.78 is 0. The van der Waals surface area contributed by atoms with E-state index in [4.69, 9.17) is 11.6 Å². The van der Waals surface area contributed by atoms with Crippen molar-refractivity contribution in [1.29, 1.82) is 0 Å². The van der Waals surface area contributed by atoms with Gasteiger partial charge in [-0.1, -0.05) is 72.1 Å². The minimum Gasteiger partial charge on any atom is -0.344 e. The molecule has 0 amide bonds. The number of hydrogen-bond donors (Lipinski definition) is 1. The molecule has 0 bridgehead atoms. The van der Waals surface area contributed by atoms with Gasteiger partial charge in [-0.2, -0.15) is 0 Å². The molecule has 0 radical (unpaired) electrons. The first kappa shape index (κ1) is 20.6. The topological polar surface area (TPSA) is 35.0 Å². The minimum absolute atomic E-state index is 0. The maximum Gasteiger partial charge on any atom is 0.0223 e. The molecule has 0 aliphatic rings. The van der Waals surface area contributed by atoms with E-state index >= 15 is 0 Å². The highest BCUT2D eigenvalue weighted by atomic mass is 35.5. The van der Waals surface area contributed by atoms with E-state index in [1.165, 1.54) is 57.8 Å². The third-order valence-electron chi connectivity index (χ3n) is 2.24. The van der Waals surface area contributed by atoms with Crippen LogP contribution in [0.4, 0.5) is 0 Å². The fourth-order valence-electron chi connectivity index (χ4n) is 1.05. The average Bonchev–Trinajstić information content (AvgIpc) is 2.24. The van der Waals surface area contributed by atoms with Crippen LogP contribution in [0.5, 0.6) is 0 Å². The van der Waals surface area contributed by atoms with Crippen molar-refractivity contribution in [2.45, 2.75) is 78.6 Å². The Hall–Kier alpha value is 0.250. The molecule has 0 rings (SSSR count). The number of halogens is 1. The predicted molar refractivity (Wildman–Crippen MR) is 74.3 cm³/mol. The lowest BCUT2D eigenvalue weighted by atomic mass is 10.1. The van der Waals surface area contributed by atoms with Crippen LogP contribution in [0.25, 0.3) is 0 Å². The van der Waals surface area contributed by atoms with Crippen molar-refractivity contribution in [3.05, 3.63) is 0 Å². The number of unbranched alkanes of at least 4 members (excludes halogenated alkanes) is 7. The molecule has 0 fully saturated rings. The first-order chi connectivity index (χ1) is 6.83. The molecule has 15 heavy (non-hydrogen) atoms. The highest BCUT2D eigenvalue weighted by Crippen LogP contribution is 2.06. The summed E-state index contributed by atoms with van der Waals surface area (Å²) in [5.74, 6) is 0.841. The van der Waals surface area contributed by atoms with E-state index in [0.717, 1.165) is 5.88 Å². The molecular weight excluding hydrogens is 206 g/mol. The van der Waals surface area contributed by atoms with Gasteiger partial charge in [0.15, 0.2) is 0 Å². The molecule has 3 N–H and O–H groups in total. The van der Waals surface area contributed by atoms with Gasteiger partial charge in [0.2, 0.25) is 0 Å². The fraction of sp³-hybridized carbons (Fsp3) is 1.00. The SMILES string of the molecule is CCCC.CCCCCCCCCCl.N. The molecule has 0 unspecified atom stereocenters. The predicted octanol–water partition coefficient (Wildman–Crippen LogP) is 5.94. The van der Waals surface area contributed by atoms with Crippen LogP contribution in [0.3, 0.4) is 0 Å². The van der Waals surface area contributed by atoms with Crippen LogP contribution in [0.2, 0.25) is 0 Å². The van der Waals surface area contributed by atoms with Crippen LogP contribution in [0.15, 0.2) is 0 Å². The molecule has 0 heterocycles. The Morgan fingerprint density at radius 3 is 1.33 bits per heavy atom. The van der Waals surface area contributed by atoms with Gasteiger partial charge in [0.1, 0.15) is 0 Å². The lowest BCUT2D eigenvalue weighted by Crippen LogP contribution is -1.79.